The highest BCUT2D eigenvalue weighted by Gasteiger charge is 2.32. The van der Waals surface area contributed by atoms with E-state index in [0.717, 1.165) is 27.8 Å². The van der Waals surface area contributed by atoms with Gasteiger partial charge in [-0.15, -0.1) is 0 Å². The number of nitrogens with zero attached hydrogens (tertiary/aromatic N) is 2. The third-order valence-electron chi connectivity index (χ3n) is 4.02. The SMILES string of the molecule is Cc1cc(-c2cccnc2)cc2c1C(=O)N(C(C)CO)C2. The van der Waals surface area contributed by atoms with Gasteiger partial charge in [-0.2, -0.15) is 0 Å². The number of carbonyl (C=O) groups is 1. The lowest BCUT2D eigenvalue weighted by atomic mass is 9.97. The average Bonchev–Trinajstić information content (AvgIpc) is 2.85. The van der Waals surface area contributed by atoms with Crippen molar-refractivity contribution in [3.05, 3.63) is 53.3 Å². The van der Waals surface area contributed by atoms with Gasteiger partial charge in [0, 0.05) is 30.1 Å². The Kier molecular flexibility index (Phi) is 3.47. The molecule has 1 unspecified atom stereocenters. The molecule has 21 heavy (non-hydrogen) atoms. The summed E-state index contributed by atoms with van der Waals surface area (Å²) in [6.07, 6.45) is 3.57. The van der Waals surface area contributed by atoms with Gasteiger partial charge in [0.25, 0.3) is 5.91 Å². The van der Waals surface area contributed by atoms with Gasteiger partial charge in [-0.05, 0) is 42.7 Å². The van der Waals surface area contributed by atoms with E-state index in [2.05, 4.69) is 11.1 Å². The molecule has 2 heterocycles. The highest BCUT2D eigenvalue weighted by Crippen LogP contribution is 2.32. The number of pyridine rings is 1. The molecule has 1 aromatic carbocycles. The summed E-state index contributed by atoms with van der Waals surface area (Å²) in [5, 5.41) is 9.29. The molecule has 1 aromatic heterocycles. The monoisotopic (exact) mass is 282 g/mol. The normalized spacial score (nSPS) is 15.2. The summed E-state index contributed by atoms with van der Waals surface area (Å²) in [7, 11) is 0. The van der Waals surface area contributed by atoms with Crippen molar-refractivity contribution in [1.29, 1.82) is 0 Å². The van der Waals surface area contributed by atoms with Crippen LogP contribution in [0.15, 0.2) is 36.7 Å². The van der Waals surface area contributed by atoms with Crippen LogP contribution in [-0.2, 0) is 6.54 Å². The van der Waals surface area contributed by atoms with E-state index in [0.29, 0.717) is 6.54 Å². The lowest BCUT2D eigenvalue weighted by molar-refractivity contribution is 0.0643. The maximum Gasteiger partial charge on any atom is 0.255 e. The molecule has 0 bridgehead atoms. The van der Waals surface area contributed by atoms with Crippen LogP contribution in [0.5, 0.6) is 0 Å². The van der Waals surface area contributed by atoms with Crippen molar-refractivity contribution in [1.82, 2.24) is 9.88 Å². The number of hydrogen-bond acceptors (Lipinski definition) is 3. The van der Waals surface area contributed by atoms with E-state index in [1.807, 2.05) is 38.2 Å². The Bertz CT molecular complexity index is 683. The van der Waals surface area contributed by atoms with E-state index in [4.69, 9.17) is 0 Å². The summed E-state index contributed by atoms with van der Waals surface area (Å²) in [6, 6.07) is 7.84. The fraction of sp³-hybridized carbons (Fsp3) is 0.294. The first-order chi connectivity index (χ1) is 10.1. The Morgan fingerprint density at radius 1 is 1.38 bits per heavy atom. The number of aliphatic hydroxyl groups is 1. The topological polar surface area (TPSA) is 53.4 Å². The number of rotatable bonds is 3. The molecule has 3 rings (SSSR count). The highest BCUT2D eigenvalue weighted by molar-refractivity contribution is 6.00. The highest BCUT2D eigenvalue weighted by atomic mass is 16.3. The standard InChI is InChI=1S/C17H18N2O2/c1-11-6-14(13-4-3-5-18-8-13)7-15-9-19(12(2)10-20)17(21)16(11)15/h3-8,12,20H,9-10H2,1-2H3. The Hall–Kier alpha value is -2.20. The fourth-order valence-corrected chi connectivity index (χ4v) is 2.84. The van der Waals surface area contributed by atoms with Gasteiger partial charge in [0.15, 0.2) is 0 Å². The molecule has 1 aliphatic heterocycles. The summed E-state index contributed by atoms with van der Waals surface area (Å²) in [4.78, 5) is 18.3. The van der Waals surface area contributed by atoms with Crippen molar-refractivity contribution in [2.75, 3.05) is 6.61 Å². The average molecular weight is 282 g/mol. The van der Waals surface area contributed by atoms with Crippen molar-refractivity contribution in [3.63, 3.8) is 0 Å². The van der Waals surface area contributed by atoms with Gasteiger partial charge in [-0.1, -0.05) is 12.1 Å². The second-order valence-electron chi connectivity index (χ2n) is 5.53. The van der Waals surface area contributed by atoms with Crippen molar-refractivity contribution >= 4 is 5.91 Å². The van der Waals surface area contributed by atoms with Crippen LogP contribution in [0.3, 0.4) is 0 Å². The Balaban J connectivity index is 2.04. The summed E-state index contributed by atoms with van der Waals surface area (Å²) >= 11 is 0. The molecular weight excluding hydrogens is 264 g/mol. The lowest BCUT2D eigenvalue weighted by Crippen LogP contribution is -2.35. The van der Waals surface area contributed by atoms with Crippen LogP contribution in [0.25, 0.3) is 11.1 Å². The molecule has 0 fully saturated rings. The van der Waals surface area contributed by atoms with E-state index in [9.17, 15) is 9.90 Å². The molecule has 1 N–H and O–H groups in total. The second kappa shape index (κ2) is 5.30. The van der Waals surface area contributed by atoms with Gasteiger partial charge in [0.2, 0.25) is 0 Å². The minimum Gasteiger partial charge on any atom is -0.394 e. The molecule has 2 aromatic rings. The number of aromatic nitrogens is 1. The van der Waals surface area contributed by atoms with E-state index in [1.165, 1.54) is 0 Å². The van der Waals surface area contributed by atoms with Crippen LogP contribution < -0.4 is 0 Å². The number of carbonyl (C=O) groups excluding carboxylic acids is 1. The molecule has 0 aliphatic carbocycles. The number of aryl methyl sites for hydroxylation is 1. The Morgan fingerprint density at radius 2 is 2.19 bits per heavy atom. The summed E-state index contributed by atoms with van der Waals surface area (Å²) < 4.78 is 0. The number of hydrogen-bond donors (Lipinski definition) is 1. The molecule has 0 saturated heterocycles. The molecule has 1 atom stereocenters. The first-order valence-corrected chi connectivity index (χ1v) is 7.07. The number of fused-ring (bicyclic) bond motifs is 1. The minimum atomic E-state index is -0.161. The zero-order valence-electron chi connectivity index (χ0n) is 12.2. The third-order valence-corrected chi connectivity index (χ3v) is 4.02. The molecule has 1 amide bonds. The maximum atomic E-state index is 12.5. The zero-order valence-corrected chi connectivity index (χ0v) is 12.2. The smallest absolute Gasteiger partial charge is 0.255 e. The quantitative estimate of drug-likeness (QED) is 0.940. The second-order valence-corrected chi connectivity index (χ2v) is 5.53. The maximum absolute atomic E-state index is 12.5. The fourth-order valence-electron chi connectivity index (χ4n) is 2.84. The van der Waals surface area contributed by atoms with E-state index < -0.39 is 0 Å². The van der Waals surface area contributed by atoms with Gasteiger partial charge < -0.3 is 10.0 Å². The van der Waals surface area contributed by atoms with E-state index in [1.54, 1.807) is 11.1 Å². The third kappa shape index (κ3) is 2.32. The molecule has 4 heteroatoms. The summed E-state index contributed by atoms with van der Waals surface area (Å²) in [6.45, 7) is 4.37. The van der Waals surface area contributed by atoms with Crippen LogP contribution in [0.4, 0.5) is 0 Å². The van der Waals surface area contributed by atoms with Crippen molar-refractivity contribution in [2.45, 2.75) is 26.4 Å². The van der Waals surface area contributed by atoms with Crippen LogP contribution in [0.1, 0.15) is 28.4 Å². The van der Waals surface area contributed by atoms with Crippen LogP contribution >= 0.6 is 0 Å². The predicted octanol–water partition coefficient (Wildman–Crippen LogP) is 2.39. The van der Waals surface area contributed by atoms with Crippen LogP contribution in [-0.4, -0.2) is 33.5 Å². The van der Waals surface area contributed by atoms with Crippen LogP contribution in [0.2, 0.25) is 0 Å². The van der Waals surface area contributed by atoms with E-state index >= 15 is 0 Å². The minimum absolute atomic E-state index is 0.0155. The number of aliphatic hydroxyl groups excluding tert-OH is 1. The number of benzene rings is 1. The van der Waals surface area contributed by atoms with Crippen molar-refractivity contribution in [3.8, 4) is 11.1 Å². The lowest BCUT2D eigenvalue weighted by Gasteiger charge is -2.22. The summed E-state index contributed by atoms with van der Waals surface area (Å²) in [5.41, 5.74) is 4.90. The molecule has 0 radical (unpaired) electrons. The van der Waals surface area contributed by atoms with E-state index in [-0.39, 0.29) is 18.6 Å². The summed E-state index contributed by atoms with van der Waals surface area (Å²) in [5.74, 6) is 0.0155. The van der Waals surface area contributed by atoms with Gasteiger partial charge in [0.1, 0.15) is 0 Å². The molecule has 108 valence electrons. The van der Waals surface area contributed by atoms with Gasteiger partial charge in [-0.3, -0.25) is 9.78 Å². The number of amides is 1. The van der Waals surface area contributed by atoms with Gasteiger partial charge >= 0.3 is 0 Å². The first-order valence-electron chi connectivity index (χ1n) is 7.07. The zero-order chi connectivity index (χ0) is 15.0. The molecular formula is C17H18N2O2. The largest absolute Gasteiger partial charge is 0.394 e. The van der Waals surface area contributed by atoms with Crippen molar-refractivity contribution < 1.29 is 9.90 Å². The Morgan fingerprint density at radius 3 is 2.86 bits per heavy atom. The molecule has 4 nitrogen and oxygen atoms in total. The van der Waals surface area contributed by atoms with Gasteiger partial charge in [0.05, 0.1) is 12.6 Å². The van der Waals surface area contributed by atoms with Gasteiger partial charge in [-0.25, -0.2) is 0 Å². The molecule has 1 aliphatic rings. The molecule has 0 spiro atoms. The predicted molar refractivity (Wildman–Crippen MR) is 80.8 cm³/mol. The van der Waals surface area contributed by atoms with Crippen molar-refractivity contribution in [2.24, 2.45) is 0 Å². The Labute approximate surface area is 124 Å². The van der Waals surface area contributed by atoms with Crippen LogP contribution in [0, 0.1) is 6.92 Å². The first kappa shape index (κ1) is 13.8. The molecule has 0 saturated carbocycles.